The highest BCUT2D eigenvalue weighted by Gasteiger charge is 2.44. The highest BCUT2D eigenvalue weighted by Crippen LogP contribution is 2.30. The molecule has 0 spiro atoms. The molecule has 0 radical (unpaired) electrons. The lowest BCUT2D eigenvalue weighted by Gasteiger charge is -2.25. The SMILES string of the molecule is Cc1c(Br)cccc1NC(=O)C1(C)COCC1N. The molecule has 1 amide bonds. The van der Waals surface area contributed by atoms with Crippen molar-refractivity contribution in [1.29, 1.82) is 0 Å². The topological polar surface area (TPSA) is 64.3 Å². The molecule has 0 saturated carbocycles. The Balaban J connectivity index is 2.19. The molecule has 0 aliphatic carbocycles. The Morgan fingerprint density at radius 1 is 1.61 bits per heavy atom. The minimum absolute atomic E-state index is 0.0892. The van der Waals surface area contributed by atoms with Crippen molar-refractivity contribution in [2.75, 3.05) is 18.5 Å². The second kappa shape index (κ2) is 4.99. The predicted octanol–water partition coefficient (Wildman–Crippen LogP) is 2.06. The van der Waals surface area contributed by atoms with E-state index in [2.05, 4.69) is 21.2 Å². The fourth-order valence-electron chi connectivity index (χ4n) is 1.93. The van der Waals surface area contributed by atoms with E-state index in [1.807, 2.05) is 32.0 Å². The van der Waals surface area contributed by atoms with Crippen LogP contribution in [-0.2, 0) is 9.53 Å². The number of rotatable bonds is 2. The molecule has 0 aromatic heterocycles. The maximum absolute atomic E-state index is 12.3. The summed E-state index contributed by atoms with van der Waals surface area (Å²) in [5.41, 5.74) is 7.09. The Morgan fingerprint density at radius 3 is 2.94 bits per heavy atom. The molecule has 2 atom stereocenters. The second-order valence-corrected chi connectivity index (χ2v) is 5.76. The van der Waals surface area contributed by atoms with Gasteiger partial charge < -0.3 is 15.8 Å². The van der Waals surface area contributed by atoms with Crippen LogP contribution in [0, 0.1) is 12.3 Å². The molecule has 1 heterocycles. The molecule has 1 saturated heterocycles. The summed E-state index contributed by atoms with van der Waals surface area (Å²) >= 11 is 3.44. The van der Waals surface area contributed by atoms with Crippen LogP contribution in [0.3, 0.4) is 0 Å². The Kier molecular flexibility index (Phi) is 3.75. The third-order valence-corrected chi connectivity index (χ3v) is 4.41. The van der Waals surface area contributed by atoms with Gasteiger partial charge in [0.2, 0.25) is 5.91 Å². The second-order valence-electron chi connectivity index (χ2n) is 4.91. The van der Waals surface area contributed by atoms with E-state index in [0.717, 1.165) is 15.7 Å². The number of anilines is 1. The van der Waals surface area contributed by atoms with Gasteiger partial charge in [-0.15, -0.1) is 0 Å². The van der Waals surface area contributed by atoms with Gasteiger partial charge in [-0.2, -0.15) is 0 Å². The zero-order valence-corrected chi connectivity index (χ0v) is 12.1. The van der Waals surface area contributed by atoms with Gasteiger partial charge in [0.15, 0.2) is 0 Å². The van der Waals surface area contributed by atoms with Crippen LogP contribution < -0.4 is 11.1 Å². The monoisotopic (exact) mass is 312 g/mol. The molecule has 4 nitrogen and oxygen atoms in total. The van der Waals surface area contributed by atoms with Gasteiger partial charge in [-0.25, -0.2) is 0 Å². The van der Waals surface area contributed by atoms with Crippen LogP contribution in [0.15, 0.2) is 22.7 Å². The summed E-state index contributed by atoms with van der Waals surface area (Å²) in [7, 11) is 0. The van der Waals surface area contributed by atoms with Gasteiger partial charge in [0.25, 0.3) is 0 Å². The van der Waals surface area contributed by atoms with Gasteiger partial charge >= 0.3 is 0 Å². The van der Waals surface area contributed by atoms with Gasteiger partial charge in [-0.3, -0.25) is 4.79 Å². The van der Waals surface area contributed by atoms with Crippen LogP contribution in [0.25, 0.3) is 0 Å². The van der Waals surface area contributed by atoms with E-state index in [1.165, 1.54) is 0 Å². The van der Waals surface area contributed by atoms with E-state index in [-0.39, 0.29) is 11.9 Å². The molecule has 3 N–H and O–H groups in total. The zero-order chi connectivity index (χ0) is 13.3. The number of ether oxygens (including phenoxy) is 1. The first-order valence-corrected chi connectivity index (χ1v) is 6.64. The maximum Gasteiger partial charge on any atom is 0.234 e. The number of carbonyl (C=O) groups is 1. The van der Waals surface area contributed by atoms with Gasteiger partial charge in [0.05, 0.1) is 18.6 Å². The number of nitrogens with two attached hydrogens (primary N) is 1. The average molecular weight is 313 g/mol. The Bertz CT molecular complexity index is 478. The van der Waals surface area contributed by atoms with Crippen molar-refractivity contribution in [3.05, 3.63) is 28.2 Å². The summed E-state index contributed by atoms with van der Waals surface area (Å²) in [5, 5.41) is 2.93. The summed E-state index contributed by atoms with van der Waals surface area (Å²) in [6.45, 7) is 4.59. The number of benzene rings is 1. The molecule has 1 fully saturated rings. The molecule has 5 heteroatoms. The van der Waals surface area contributed by atoms with E-state index in [9.17, 15) is 4.79 Å². The summed E-state index contributed by atoms with van der Waals surface area (Å²) in [6.07, 6.45) is 0. The lowest BCUT2D eigenvalue weighted by atomic mass is 9.84. The molecule has 98 valence electrons. The molecule has 2 rings (SSSR count). The van der Waals surface area contributed by atoms with Crippen LogP contribution in [-0.4, -0.2) is 25.2 Å². The Labute approximate surface area is 115 Å². The molecule has 1 aromatic carbocycles. The highest BCUT2D eigenvalue weighted by atomic mass is 79.9. The van der Waals surface area contributed by atoms with Crippen LogP contribution in [0.1, 0.15) is 12.5 Å². The average Bonchev–Trinajstić information content (AvgIpc) is 2.67. The standard InChI is InChI=1S/C13H17BrN2O2/c1-8-9(14)4-3-5-10(8)16-12(17)13(2)7-18-6-11(13)15/h3-5,11H,6-7,15H2,1-2H3,(H,16,17). The number of amides is 1. The predicted molar refractivity (Wildman–Crippen MR) is 74.4 cm³/mol. The Hall–Kier alpha value is -0.910. The van der Waals surface area contributed by atoms with Crippen molar-refractivity contribution in [1.82, 2.24) is 0 Å². The van der Waals surface area contributed by atoms with E-state index in [1.54, 1.807) is 0 Å². The lowest BCUT2D eigenvalue weighted by Crippen LogP contribution is -2.47. The summed E-state index contributed by atoms with van der Waals surface area (Å²) < 4.78 is 6.26. The fraction of sp³-hybridized carbons (Fsp3) is 0.462. The van der Waals surface area contributed by atoms with Gasteiger partial charge in [0, 0.05) is 16.2 Å². The van der Waals surface area contributed by atoms with Crippen LogP contribution in [0.4, 0.5) is 5.69 Å². The van der Waals surface area contributed by atoms with E-state index < -0.39 is 5.41 Å². The summed E-state index contributed by atoms with van der Waals surface area (Å²) in [6, 6.07) is 5.45. The number of halogens is 1. The molecule has 18 heavy (non-hydrogen) atoms. The zero-order valence-electron chi connectivity index (χ0n) is 10.5. The molecule has 0 bridgehead atoms. The van der Waals surface area contributed by atoms with Crippen LogP contribution in [0.2, 0.25) is 0 Å². The molecular formula is C13H17BrN2O2. The first-order chi connectivity index (χ1) is 8.45. The van der Waals surface area contributed by atoms with Crippen molar-refractivity contribution < 1.29 is 9.53 Å². The first-order valence-electron chi connectivity index (χ1n) is 5.85. The minimum atomic E-state index is -0.658. The van der Waals surface area contributed by atoms with Crippen molar-refractivity contribution in [2.45, 2.75) is 19.9 Å². The van der Waals surface area contributed by atoms with E-state index in [4.69, 9.17) is 10.5 Å². The number of hydrogen-bond acceptors (Lipinski definition) is 3. The number of nitrogens with one attached hydrogen (secondary N) is 1. The van der Waals surface area contributed by atoms with Crippen molar-refractivity contribution in [3.8, 4) is 0 Å². The molecule has 1 aromatic rings. The van der Waals surface area contributed by atoms with Crippen LogP contribution in [0.5, 0.6) is 0 Å². The molecule has 1 aliphatic heterocycles. The summed E-state index contributed by atoms with van der Waals surface area (Å²) in [5.74, 6) is -0.0892. The largest absolute Gasteiger partial charge is 0.379 e. The molecule has 1 aliphatic rings. The number of hydrogen-bond donors (Lipinski definition) is 2. The third kappa shape index (κ3) is 2.30. The van der Waals surface area contributed by atoms with E-state index in [0.29, 0.717) is 13.2 Å². The Morgan fingerprint density at radius 2 is 2.33 bits per heavy atom. The normalized spacial score (nSPS) is 27.2. The van der Waals surface area contributed by atoms with Gasteiger partial charge in [0.1, 0.15) is 0 Å². The van der Waals surface area contributed by atoms with Crippen molar-refractivity contribution >= 4 is 27.5 Å². The molecule has 2 unspecified atom stereocenters. The minimum Gasteiger partial charge on any atom is -0.379 e. The highest BCUT2D eigenvalue weighted by molar-refractivity contribution is 9.10. The number of carbonyl (C=O) groups excluding carboxylic acids is 1. The molecular weight excluding hydrogens is 296 g/mol. The maximum atomic E-state index is 12.3. The van der Waals surface area contributed by atoms with E-state index >= 15 is 0 Å². The summed E-state index contributed by atoms with van der Waals surface area (Å²) in [4.78, 5) is 12.3. The van der Waals surface area contributed by atoms with Crippen molar-refractivity contribution in [2.24, 2.45) is 11.1 Å². The van der Waals surface area contributed by atoms with Gasteiger partial charge in [-0.1, -0.05) is 22.0 Å². The first kappa shape index (κ1) is 13.5. The van der Waals surface area contributed by atoms with Crippen LogP contribution >= 0.6 is 15.9 Å². The van der Waals surface area contributed by atoms with Crippen molar-refractivity contribution in [3.63, 3.8) is 0 Å². The van der Waals surface area contributed by atoms with Gasteiger partial charge in [-0.05, 0) is 31.5 Å². The smallest absolute Gasteiger partial charge is 0.234 e. The quantitative estimate of drug-likeness (QED) is 0.878. The lowest BCUT2D eigenvalue weighted by molar-refractivity contribution is -0.125. The third-order valence-electron chi connectivity index (χ3n) is 3.55. The fourth-order valence-corrected chi connectivity index (χ4v) is 2.30.